The molecule has 1 rings (SSSR count). The molecule has 0 saturated heterocycles. The van der Waals surface area contributed by atoms with Crippen LogP contribution >= 0.6 is 0 Å². The topological polar surface area (TPSA) is 26.0 Å². The van der Waals surface area contributed by atoms with Gasteiger partial charge in [-0.15, -0.1) is 0 Å². The van der Waals surface area contributed by atoms with Crippen LogP contribution in [0.2, 0.25) is 0 Å². The monoisotopic (exact) mass is 257 g/mol. The lowest BCUT2D eigenvalue weighted by molar-refractivity contribution is -0.137. The molecule has 0 fully saturated rings. The second-order valence-corrected chi connectivity index (χ2v) is 3.45. The first-order chi connectivity index (χ1) is 7.68. The van der Waals surface area contributed by atoms with Crippen LogP contribution in [-0.4, -0.2) is 12.5 Å². The van der Waals surface area contributed by atoms with Gasteiger partial charge in [0.25, 0.3) is 5.92 Å². The first-order valence-electron chi connectivity index (χ1n) is 4.57. The molecule has 0 aromatic heterocycles. The molecular weight excluding hydrogens is 248 g/mol. The Labute approximate surface area is 93.2 Å². The molecule has 17 heavy (non-hydrogen) atoms. The molecule has 0 spiro atoms. The summed E-state index contributed by atoms with van der Waals surface area (Å²) in [7, 11) is 0. The van der Waals surface area contributed by atoms with Gasteiger partial charge in [0.05, 0.1) is 12.1 Å². The minimum Gasteiger partial charge on any atom is -0.325 e. The second kappa shape index (κ2) is 4.56. The lowest BCUT2D eigenvalue weighted by atomic mass is 10.0. The van der Waals surface area contributed by atoms with Gasteiger partial charge in [-0.2, -0.15) is 13.2 Å². The summed E-state index contributed by atoms with van der Waals surface area (Å²) in [5.41, 5.74) is 2.74. The Kier molecular flexibility index (Phi) is 3.71. The maximum Gasteiger partial charge on any atom is 0.416 e. The van der Waals surface area contributed by atoms with Crippen LogP contribution in [0.25, 0.3) is 0 Å². The molecule has 0 aliphatic carbocycles. The highest BCUT2D eigenvalue weighted by Crippen LogP contribution is 2.37. The molecule has 96 valence electrons. The van der Waals surface area contributed by atoms with Gasteiger partial charge >= 0.3 is 6.18 Å². The Morgan fingerprint density at radius 3 is 2.18 bits per heavy atom. The van der Waals surface area contributed by atoms with Crippen molar-refractivity contribution in [2.24, 2.45) is 5.73 Å². The van der Waals surface area contributed by atoms with Crippen LogP contribution in [0.5, 0.6) is 0 Å². The third kappa shape index (κ3) is 3.12. The third-order valence-electron chi connectivity index (χ3n) is 2.15. The molecule has 0 saturated carbocycles. The summed E-state index contributed by atoms with van der Waals surface area (Å²) < 4.78 is 75.9. The molecule has 0 heterocycles. The van der Waals surface area contributed by atoms with Gasteiger partial charge in [0, 0.05) is 0 Å². The highest BCUT2D eigenvalue weighted by molar-refractivity contribution is 5.28. The zero-order chi connectivity index (χ0) is 13.3. The number of halogens is 6. The zero-order valence-electron chi connectivity index (χ0n) is 8.44. The van der Waals surface area contributed by atoms with Crippen molar-refractivity contribution < 1.29 is 26.3 Å². The Morgan fingerprint density at radius 1 is 1.12 bits per heavy atom. The van der Waals surface area contributed by atoms with Crippen molar-refractivity contribution >= 4 is 0 Å². The molecule has 7 heteroatoms. The minimum absolute atomic E-state index is 0.355. The molecule has 1 nitrogen and oxygen atoms in total. The summed E-state index contributed by atoms with van der Waals surface area (Å²) >= 11 is 0. The lowest BCUT2D eigenvalue weighted by Crippen LogP contribution is -2.32. The number of rotatable bonds is 3. The highest BCUT2D eigenvalue weighted by Gasteiger charge is 2.40. The van der Waals surface area contributed by atoms with E-state index in [1.165, 1.54) is 0 Å². The van der Waals surface area contributed by atoms with E-state index in [-0.39, 0.29) is 0 Å². The van der Waals surface area contributed by atoms with Gasteiger partial charge in [0.1, 0.15) is 0 Å². The first-order valence-corrected chi connectivity index (χ1v) is 4.57. The number of hydrogen-bond donors (Lipinski definition) is 1. The average Bonchev–Trinajstić information content (AvgIpc) is 2.27. The van der Waals surface area contributed by atoms with Crippen molar-refractivity contribution in [2.45, 2.75) is 18.3 Å². The standard InChI is InChI=1S/C10H9F6N/c11-8(9(12,13)5-17)6-2-1-3-7(4-6)10(14,15)16/h1-4,8H,5,17H2. The van der Waals surface area contributed by atoms with Crippen LogP contribution < -0.4 is 5.73 Å². The normalized spacial score (nSPS) is 14.8. The highest BCUT2D eigenvalue weighted by atomic mass is 19.4. The predicted octanol–water partition coefficient (Wildman–Crippen LogP) is 3.31. The van der Waals surface area contributed by atoms with Crippen molar-refractivity contribution in [1.82, 2.24) is 0 Å². The first kappa shape index (κ1) is 13.8. The van der Waals surface area contributed by atoms with Gasteiger partial charge in [0.2, 0.25) is 0 Å². The van der Waals surface area contributed by atoms with Crippen molar-refractivity contribution in [1.29, 1.82) is 0 Å². The quantitative estimate of drug-likeness (QED) is 0.826. The molecular formula is C10H9F6N. The summed E-state index contributed by atoms with van der Waals surface area (Å²) in [6.45, 7) is -1.27. The fourth-order valence-electron chi connectivity index (χ4n) is 1.22. The van der Waals surface area contributed by atoms with Gasteiger partial charge in [-0.1, -0.05) is 12.1 Å². The molecule has 0 amide bonds. The maximum atomic E-state index is 13.3. The molecule has 0 radical (unpaired) electrons. The number of hydrogen-bond acceptors (Lipinski definition) is 1. The summed E-state index contributed by atoms with van der Waals surface area (Å²) in [6, 6.07) is 2.77. The van der Waals surface area contributed by atoms with E-state index < -0.39 is 35.9 Å². The zero-order valence-corrected chi connectivity index (χ0v) is 8.44. The average molecular weight is 257 g/mol. The molecule has 2 N–H and O–H groups in total. The van der Waals surface area contributed by atoms with E-state index in [9.17, 15) is 26.3 Å². The molecule has 1 aromatic rings. The van der Waals surface area contributed by atoms with Crippen LogP contribution in [0.1, 0.15) is 17.3 Å². The number of alkyl halides is 6. The van der Waals surface area contributed by atoms with E-state index in [1.807, 2.05) is 0 Å². The van der Waals surface area contributed by atoms with Gasteiger partial charge in [-0.3, -0.25) is 0 Å². The summed E-state index contributed by atoms with van der Waals surface area (Å²) in [6.07, 6.45) is -7.55. The van der Waals surface area contributed by atoms with Crippen LogP contribution in [0.4, 0.5) is 26.3 Å². The molecule has 0 aliphatic rings. The van der Waals surface area contributed by atoms with Crippen LogP contribution in [0, 0.1) is 0 Å². The van der Waals surface area contributed by atoms with E-state index in [2.05, 4.69) is 5.73 Å². The lowest BCUT2D eigenvalue weighted by Gasteiger charge is -2.19. The maximum absolute atomic E-state index is 13.3. The van der Waals surface area contributed by atoms with Crippen molar-refractivity contribution in [2.75, 3.05) is 6.54 Å². The molecule has 0 aliphatic heterocycles. The van der Waals surface area contributed by atoms with Gasteiger partial charge in [-0.25, -0.2) is 13.2 Å². The van der Waals surface area contributed by atoms with Crippen molar-refractivity contribution in [3.05, 3.63) is 35.4 Å². The smallest absolute Gasteiger partial charge is 0.325 e. The summed E-state index contributed by atoms with van der Waals surface area (Å²) in [5.74, 6) is -3.88. The van der Waals surface area contributed by atoms with Gasteiger partial charge < -0.3 is 5.73 Å². The van der Waals surface area contributed by atoms with E-state index in [4.69, 9.17) is 0 Å². The Hall–Kier alpha value is -1.24. The number of benzene rings is 1. The third-order valence-corrected chi connectivity index (χ3v) is 2.15. The van der Waals surface area contributed by atoms with E-state index in [0.717, 1.165) is 12.1 Å². The van der Waals surface area contributed by atoms with Crippen molar-refractivity contribution in [3.8, 4) is 0 Å². The fourth-order valence-corrected chi connectivity index (χ4v) is 1.22. The van der Waals surface area contributed by atoms with E-state index in [1.54, 1.807) is 0 Å². The Morgan fingerprint density at radius 2 is 1.71 bits per heavy atom. The largest absolute Gasteiger partial charge is 0.416 e. The van der Waals surface area contributed by atoms with Gasteiger partial charge in [-0.05, 0) is 17.7 Å². The van der Waals surface area contributed by atoms with Gasteiger partial charge in [0.15, 0.2) is 6.17 Å². The molecule has 1 aromatic carbocycles. The van der Waals surface area contributed by atoms with Crippen molar-refractivity contribution in [3.63, 3.8) is 0 Å². The second-order valence-electron chi connectivity index (χ2n) is 3.45. The Bertz CT molecular complexity index is 387. The van der Waals surface area contributed by atoms with E-state index in [0.29, 0.717) is 12.1 Å². The predicted molar refractivity (Wildman–Crippen MR) is 49.3 cm³/mol. The van der Waals surface area contributed by atoms with E-state index >= 15 is 0 Å². The fraction of sp³-hybridized carbons (Fsp3) is 0.400. The molecule has 1 atom stereocenters. The van der Waals surface area contributed by atoms with Crippen LogP contribution in [-0.2, 0) is 6.18 Å². The SMILES string of the molecule is NCC(F)(F)C(F)c1cccc(C(F)(F)F)c1. The number of nitrogens with two attached hydrogens (primary N) is 1. The summed E-state index contributed by atoms with van der Waals surface area (Å²) in [5, 5.41) is 0. The molecule has 1 unspecified atom stereocenters. The molecule has 0 bridgehead atoms. The summed E-state index contributed by atoms with van der Waals surface area (Å²) in [4.78, 5) is 0. The van der Waals surface area contributed by atoms with Crippen LogP contribution in [0.3, 0.4) is 0 Å². The Balaban J connectivity index is 3.08. The van der Waals surface area contributed by atoms with Crippen LogP contribution in [0.15, 0.2) is 24.3 Å². The minimum atomic E-state index is -4.70.